The maximum Gasteiger partial charge on any atom is 0.228 e. The van der Waals surface area contributed by atoms with E-state index < -0.39 is 0 Å². The van der Waals surface area contributed by atoms with Gasteiger partial charge in [-0.2, -0.15) is 15.0 Å². The summed E-state index contributed by atoms with van der Waals surface area (Å²) < 4.78 is 0. The van der Waals surface area contributed by atoms with Crippen molar-refractivity contribution in [1.82, 2.24) is 19.9 Å². The van der Waals surface area contributed by atoms with Gasteiger partial charge < -0.3 is 11.1 Å². The van der Waals surface area contributed by atoms with Gasteiger partial charge in [0.25, 0.3) is 0 Å². The zero-order valence-corrected chi connectivity index (χ0v) is 13.8. The Balaban J connectivity index is 1.63. The van der Waals surface area contributed by atoms with Crippen molar-refractivity contribution in [2.45, 2.75) is 32.4 Å². The predicted molar refractivity (Wildman–Crippen MR) is 92.1 cm³/mol. The van der Waals surface area contributed by atoms with Gasteiger partial charge in [0.05, 0.1) is 6.54 Å². The number of nitrogens with zero attached hydrogens (tertiary/aromatic N) is 4. The lowest BCUT2D eigenvalue weighted by Gasteiger charge is -2.25. The van der Waals surface area contributed by atoms with Crippen molar-refractivity contribution in [3.8, 4) is 0 Å². The number of nitrogens with one attached hydrogen (secondary N) is 1. The largest absolute Gasteiger partial charge is 0.368 e. The third kappa shape index (κ3) is 4.77. The summed E-state index contributed by atoms with van der Waals surface area (Å²) in [7, 11) is 0. The van der Waals surface area contributed by atoms with Gasteiger partial charge in [0.2, 0.25) is 11.9 Å². The highest BCUT2D eigenvalue weighted by atomic mass is 35.5. The lowest BCUT2D eigenvalue weighted by atomic mass is 10.1. The first-order chi connectivity index (χ1) is 11.2. The zero-order valence-electron chi connectivity index (χ0n) is 13.0. The van der Waals surface area contributed by atoms with Crippen molar-refractivity contribution >= 4 is 23.5 Å². The molecule has 0 bridgehead atoms. The second-order valence-electron chi connectivity index (χ2n) is 5.75. The van der Waals surface area contributed by atoms with E-state index in [9.17, 15) is 0 Å². The van der Waals surface area contributed by atoms with Gasteiger partial charge >= 0.3 is 0 Å². The number of halogens is 1. The van der Waals surface area contributed by atoms with Crippen LogP contribution in [0.4, 0.5) is 11.9 Å². The first-order valence-corrected chi connectivity index (χ1v) is 8.28. The van der Waals surface area contributed by atoms with Crippen LogP contribution >= 0.6 is 11.6 Å². The Labute approximate surface area is 141 Å². The fourth-order valence-electron chi connectivity index (χ4n) is 2.69. The number of hydrogen-bond acceptors (Lipinski definition) is 6. The van der Waals surface area contributed by atoms with Crippen LogP contribution in [-0.2, 0) is 13.1 Å². The van der Waals surface area contributed by atoms with E-state index in [0.717, 1.165) is 36.0 Å². The summed E-state index contributed by atoms with van der Waals surface area (Å²) in [5.41, 5.74) is 6.92. The van der Waals surface area contributed by atoms with Crippen LogP contribution in [0.5, 0.6) is 0 Å². The molecule has 122 valence electrons. The quantitative estimate of drug-likeness (QED) is 0.876. The average molecular weight is 333 g/mol. The van der Waals surface area contributed by atoms with Crippen LogP contribution in [0, 0.1) is 0 Å². The molecule has 3 rings (SSSR count). The van der Waals surface area contributed by atoms with Gasteiger partial charge in [0.15, 0.2) is 0 Å². The molecule has 3 N–H and O–H groups in total. The highest BCUT2D eigenvalue weighted by molar-refractivity contribution is 6.30. The third-order valence-corrected chi connectivity index (χ3v) is 4.13. The van der Waals surface area contributed by atoms with Crippen molar-refractivity contribution < 1.29 is 0 Å². The first kappa shape index (κ1) is 16.0. The fourth-order valence-corrected chi connectivity index (χ4v) is 2.81. The van der Waals surface area contributed by atoms with E-state index in [0.29, 0.717) is 12.5 Å². The van der Waals surface area contributed by atoms with Crippen LogP contribution in [0.2, 0.25) is 5.02 Å². The molecule has 6 nitrogen and oxygen atoms in total. The molecule has 0 amide bonds. The maximum absolute atomic E-state index is 5.89. The molecule has 7 heteroatoms. The average Bonchev–Trinajstić information content (AvgIpc) is 2.55. The number of likely N-dealkylation sites (tertiary alicyclic amines) is 1. The lowest BCUT2D eigenvalue weighted by molar-refractivity contribution is 0.216. The Morgan fingerprint density at radius 3 is 2.52 bits per heavy atom. The smallest absolute Gasteiger partial charge is 0.228 e. The lowest BCUT2D eigenvalue weighted by Crippen LogP contribution is -2.30. The highest BCUT2D eigenvalue weighted by Gasteiger charge is 2.13. The number of anilines is 2. The number of piperidine rings is 1. The molecule has 2 heterocycles. The fraction of sp³-hybridized carbons (Fsp3) is 0.438. The number of aromatic nitrogens is 3. The zero-order chi connectivity index (χ0) is 16.1. The predicted octanol–water partition coefficient (Wildman–Crippen LogP) is 2.71. The van der Waals surface area contributed by atoms with E-state index in [1.54, 1.807) is 0 Å². The Bertz CT molecular complexity index is 640. The summed E-state index contributed by atoms with van der Waals surface area (Å²) in [4.78, 5) is 15.3. The van der Waals surface area contributed by atoms with Crippen molar-refractivity contribution in [2.75, 3.05) is 24.1 Å². The topological polar surface area (TPSA) is 80.0 Å². The Morgan fingerprint density at radius 2 is 1.78 bits per heavy atom. The molecule has 1 aromatic carbocycles. The van der Waals surface area contributed by atoms with Crippen molar-refractivity contribution in [3.05, 3.63) is 40.7 Å². The molecule has 1 aliphatic rings. The Morgan fingerprint density at radius 1 is 1.04 bits per heavy atom. The van der Waals surface area contributed by atoms with Crippen LogP contribution in [0.25, 0.3) is 0 Å². The van der Waals surface area contributed by atoms with E-state index >= 15 is 0 Å². The molecule has 1 aliphatic heterocycles. The van der Waals surface area contributed by atoms with Crippen LogP contribution in [0.3, 0.4) is 0 Å². The van der Waals surface area contributed by atoms with Gasteiger partial charge in [-0.05, 0) is 43.6 Å². The summed E-state index contributed by atoms with van der Waals surface area (Å²) in [6, 6.07) is 7.66. The van der Waals surface area contributed by atoms with E-state index in [-0.39, 0.29) is 5.95 Å². The number of rotatable bonds is 5. The number of hydrogen-bond donors (Lipinski definition) is 2. The monoisotopic (exact) mass is 332 g/mol. The van der Waals surface area contributed by atoms with Gasteiger partial charge in [-0.1, -0.05) is 30.2 Å². The molecular formula is C16H21ClN6. The molecular weight excluding hydrogens is 312 g/mol. The molecule has 2 aromatic rings. The molecule has 1 aromatic heterocycles. The molecule has 1 fully saturated rings. The summed E-state index contributed by atoms with van der Waals surface area (Å²) in [6.45, 7) is 3.53. The van der Waals surface area contributed by atoms with Gasteiger partial charge in [-0.3, -0.25) is 4.90 Å². The van der Waals surface area contributed by atoms with E-state index in [4.69, 9.17) is 17.3 Å². The van der Waals surface area contributed by atoms with Crippen LogP contribution in [0.1, 0.15) is 30.7 Å². The van der Waals surface area contributed by atoms with Crippen LogP contribution < -0.4 is 11.1 Å². The Kier molecular flexibility index (Phi) is 5.25. The van der Waals surface area contributed by atoms with Crippen molar-refractivity contribution in [2.24, 2.45) is 0 Å². The van der Waals surface area contributed by atoms with Gasteiger partial charge in [0.1, 0.15) is 5.82 Å². The third-order valence-electron chi connectivity index (χ3n) is 3.88. The standard InChI is InChI=1S/C16H21ClN6/c17-13-6-4-12(5-7-13)10-19-16-21-14(20-15(18)22-16)11-23-8-2-1-3-9-23/h4-7H,1-3,8-11H2,(H3,18,19,20,21,22). The molecule has 0 atom stereocenters. The van der Waals surface area contributed by atoms with Crippen LogP contribution in [-0.4, -0.2) is 32.9 Å². The second-order valence-corrected chi connectivity index (χ2v) is 6.19. The minimum absolute atomic E-state index is 0.255. The normalized spacial score (nSPS) is 15.5. The molecule has 0 aliphatic carbocycles. The molecule has 0 radical (unpaired) electrons. The van der Waals surface area contributed by atoms with E-state index in [1.165, 1.54) is 19.3 Å². The Hall–Kier alpha value is -1.92. The van der Waals surface area contributed by atoms with E-state index in [2.05, 4.69) is 25.2 Å². The van der Waals surface area contributed by atoms with Crippen molar-refractivity contribution in [3.63, 3.8) is 0 Å². The second kappa shape index (κ2) is 7.57. The molecule has 1 saturated heterocycles. The van der Waals surface area contributed by atoms with Crippen LogP contribution in [0.15, 0.2) is 24.3 Å². The van der Waals surface area contributed by atoms with Gasteiger partial charge in [-0.25, -0.2) is 0 Å². The summed E-state index contributed by atoms with van der Waals surface area (Å²) in [6.07, 6.45) is 3.79. The number of nitrogens with two attached hydrogens (primary N) is 1. The highest BCUT2D eigenvalue weighted by Crippen LogP contribution is 2.13. The van der Waals surface area contributed by atoms with Gasteiger partial charge in [0, 0.05) is 11.6 Å². The molecule has 23 heavy (non-hydrogen) atoms. The van der Waals surface area contributed by atoms with Crippen molar-refractivity contribution in [1.29, 1.82) is 0 Å². The van der Waals surface area contributed by atoms with Gasteiger partial charge in [-0.15, -0.1) is 0 Å². The summed E-state index contributed by atoms with van der Waals surface area (Å²) in [5.74, 6) is 1.49. The number of nitrogen functional groups attached to an aromatic ring is 1. The SMILES string of the molecule is Nc1nc(CN2CCCCC2)nc(NCc2ccc(Cl)cc2)n1. The molecule has 0 saturated carbocycles. The first-order valence-electron chi connectivity index (χ1n) is 7.90. The number of benzene rings is 1. The minimum atomic E-state index is 0.255. The maximum atomic E-state index is 5.89. The molecule has 0 spiro atoms. The van der Waals surface area contributed by atoms with E-state index in [1.807, 2.05) is 24.3 Å². The summed E-state index contributed by atoms with van der Waals surface area (Å²) in [5, 5.41) is 3.92. The minimum Gasteiger partial charge on any atom is -0.368 e. The summed E-state index contributed by atoms with van der Waals surface area (Å²) >= 11 is 5.89. The molecule has 0 unspecified atom stereocenters.